The highest BCUT2D eigenvalue weighted by Gasteiger charge is 2.17. The molecule has 0 spiro atoms. The summed E-state index contributed by atoms with van der Waals surface area (Å²) in [5.41, 5.74) is 2.94. The van der Waals surface area contributed by atoms with Crippen LogP contribution in [0, 0.1) is 0 Å². The molecule has 0 saturated carbocycles. The Hall–Kier alpha value is -3.45. The summed E-state index contributed by atoms with van der Waals surface area (Å²) >= 11 is 6.02. The third kappa shape index (κ3) is 5.12. The summed E-state index contributed by atoms with van der Waals surface area (Å²) in [6, 6.07) is 19.2. The quantitative estimate of drug-likeness (QED) is 0.450. The van der Waals surface area contributed by atoms with E-state index >= 15 is 0 Å². The van der Waals surface area contributed by atoms with Crippen LogP contribution in [0.15, 0.2) is 73.1 Å². The highest BCUT2D eigenvalue weighted by Crippen LogP contribution is 2.25. The van der Waals surface area contributed by atoms with Crippen LogP contribution >= 0.6 is 11.6 Å². The minimum absolute atomic E-state index is 0.0526. The Morgan fingerprint density at radius 3 is 2.43 bits per heavy atom. The summed E-state index contributed by atoms with van der Waals surface area (Å²) in [6.07, 6.45) is 5.76. The predicted molar refractivity (Wildman–Crippen MR) is 115 cm³/mol. The first kappa shape index (κ1) is 19.8. The number of halogens is 1. The van der Waals surface area contributed by atoms with E-state index in [2.05, 4.69) is 25.9 Å². The highest BCUT2D eigenvalue weighted by atomic mass is 35.5. The van der Waals surface area contributed by atoms with Gasteiger partial charge in [0.05, 0.1) is 12.5 Å². The van der Waals surface area contributed by atoms with E-state index in [-0.39, 0.29) is 11.9 Å². The lowest BCUT2D eigenvalue weighted by molar-refractivity contribution is -0.116. The third-order valence-electron chi connectivity index (χ3n) is 4.89. The Morgan fingerprint density at radius 2 is 1.77 bits per heavy atom. The van der Waals surface area contributed by atoms with Crippen molar-refractivity contribution in [3.8, 4) is 0 Å². The molecule has 0 aliphatic heterocycles. The maximum atomic E-state index is 12.7. The van der Waals surface area contributed by atoms with E-state index in [4.69, 9.17) is 11.6 Å². The molecule has 2 aromatic carbocycles. The third-order valence-corrected chi connectivity index (χ3v) is 5.14. The number of hydrogen-bond donors (Lipinski definition) is 2. The van der Waals surface area contributed by atoms with E-state index in [1.165, 1.54) is 0 Å². The molecule has 4 rings (SSSR count). The number of amides is 1. The van der Waals surface area contributed by atoms with Crippen molar-refractivity contribution in [1.82, 2.24) is 25.2 Å². The van der Waals surface area contributed by atoms with Gasteiger partial charge in [-0.3, -0.25) is 4.79 Å². The molecule has 7 nitrogen and oxygen atoms in total. The summed E-state index contributed by atoms with van der Waals surface area (Å²) in [4.78, 5) is 12.7. The van der Waals surface area contributed by atoms with Crippen molar-refractivity contribution in [2.75, 3.05) is 5.32 Å². The molecular weight excluding hydrogens is 400 g/mol. The molecule has 1 amide bonds. The molecule has 0 fully saturated rings. The first-order chi connectivity index (χ1) is 14.7. The van der Waals surface area contributed by atoms with Crippen molar-refractivity contribution in [1.29, 1.82) is 0 Å². The number of carbonyl (C=O) groups excluding carboxylic acids is 1. The van der Waals surface area contributed by atoms with Crippen molar-refractivity contribution in [2.24, 2.45) is 0 Å². The number of tetrazole rings is 1. The highest BCUT2D eigenvalue weighted by molar-refractivity contribution is 6.30. The van der Waals surface area contributed by atoms with Gasteiger partial charge in [-0.05, 0) is 53.9 Å². The minimum Gasteiger partial charge on any atom is -0.346 e. The summed E-state index contributed by atoms with van der Waals surface area (Å²) in [5, 5.41) is 17.6. The molecule has 8 heteroatoms. The van der Waals surface area contributed by atoms with Gasteiger partial charge in [-0.2, -0.15) is 5.21 Å². The van der Waals surface area contributed by atoms with Crippen LogP contribution in [0.1, 0.15) is 29.4 Å². The Labute approximate surface area is 179 Å². The van der Waals surface area contributed by atoms with Crippen molar-refractivity contribution >= 4 is 23.2 Å². The van der Waals surface area contributed by atoms with Gasteiger partial charge in [-0.15, -0.1) is 10.2 Å². The van der Waals surface area contributed by atoms with Crippen LogP contribution in [0.2, 0.25) is 5.02 Å². The average molecular weight is 421 g/mol. The van der Waals surface area contributed by atoms with Gasteiger partial charge in [0, 0.05) is 29.5 Å². The zero-order valence-corrected chi connectivity index (χ0v) is 17.0. The second-order valence-corrected chi connectivity index (χ2v) is 7.41. The fourth-order valence-corrected chi connectivity index (χ4v) is 3.45. The van der Waals surface area contributed by atoms with Gasteiger partial charge in [0.25, 0.3) is 0 Å². The standard InChI is InChI=1S/C22H21ClN6O/c23-18-8-6-17(7-9-18)20(29-13-1-2-14-29)15-22(30)24-19-10-3-16(4-11-19)5-12-21-25-27-28-26-21/h1-4,6-11,13-14,20H,5,12,15H2,(H,24,30)(H,25,26,27,28)/t20-/m0/s1. The van der Waals surface area contributed by atoms with Crippen molar-refractivity contribution in [3.63, 3.8) is 0 Å². The molecule has 4 aromatic rings. The van der Waals surface area contributed by atoms with E-state index in [1.807, 2.05) is 77.6 Å². The van der Waals surface area contributed by atoms with E-state index in [0.29, 0.717) is 23.7 Å². The van der Waals surface area contributed by atoms with Crippen LogP contribution in [0.5, 0.6) is 0 Å². The number of rotatable bonds is 8. The summed E-state index contributed by atoms with van der Waals surface area (Å²) in [7, 11) is 0. The number of hydrogen-bond acceptors (Lipinski definition) is 4. The van der Waals surface area contributed by atoms with E-state index in [0.717, 1.165) is 23.2 Å². The molecule has 2 heterocycles. The maximum Gasteiger partial charge on any atom is 0.226 e. The van der Waals surface area contributed by atoms with Crippen LogP contribution in [-0.2, 0) is 17.6 Å². The molecule has 0 bridgehead atoms. The minimum atomic E-state index is -0.105. The monoisotopic (exact) mass is 420 g/mol. The summed E-state index contributed by atoms with van der Waals surface area (Å²) < 4.78 is 2.03. The van der Waals surface area contributed by atoms with Crippen LogP contribution < -0.4 is 5.32 Å². The lowest BCUT2D eigenvalue weighted by Gasteiger charge is -2.19. The van der Waals surface area contributed by atoms with Crippen LogP contribution in [0.3, 0.4) is 0 Å². The van der Waals surface area contributed by atoms with Crippen LogP contribution in [0.25, 0.3) is 0 Å². The Kier molecular flexibility index (Phi) is 6.20. The van der Waals surface area contributed by atoms with Crippen LogP contribution in [-0.4, -0.2) is 31.1 Å². The summed E-state index contributed by atoms with van der Waals surface area (Å²) in [6.45, 7) is 0. The van der Waals surface area contributed by atoms with Gasteiger partial charge < -0.3 is 9.88 Å². The van der Waals surface area contributed by atoms with E-state index < -0.39 is 0 Å². The number of carbonyl (C=O) groups is 1. The number of aromatic nitrogens is 5. The molecule has 0 aliphatic rings. The first-order valence-corrected chi connectivity index (χ1v) is 10.0. The Morgan fingerprint density at radius 1 is 1.03 bits per heavy atom. The largest absolute Gasteiger partial charge is 0.346 e. The van der Waals surface area contributed by atoms with Crippen molar-refractivity contribution in [3.05, 3.63) is 95.0 Å². The number of H-pyrrole nitrogens is 1. The lowest BCUT2D eigenvalue weighted by Crippen LogP contribution is -2.19. The fraction of sp³-hybridized carbons (Fsp3) is 0.182. The molecule has 152 valence electrons. The normalized spacial score (nSPS) is 11.9. The molecular formula is C22H21ClN6O. The van der Waals surface area contributed by atoms with E-state index in [1.54, 1.807) is 0 Å². The smallest absolute Gasteiger partial charge is 0.226 e. The Balaban J connectivity index is 1.39. The lowest BCUT2D eigenvalue weighted by atomic mass is 10.0. The second-order valence-electron chi connectivity index (χ2n) is 6.97. The number of anilines is 1. The zero-order valence-electron chi connectivity index (χ0n) is 16.2. The number of benzene rings is 2. The Bertz CT molecular complexity index is 1060. The molecule has 1 atom stereocenters. The van der Waals surface area contributed by atoms with Gasteiger partial charge in [-0.1, -0.05) is 41.1 Å². The van der Waals surface area contributed by atoms with E-state index in [9.17, 15) is 4.79 Å². The fourth-order valence-electron chi connectivity index (χ4n) is 3.32. The first-order valence-electron chi connectivity index (χ1n) is 9.66. The molecule has 2 aromatic heterocycles. The van der Waals surface area contributed by atoms with Gasteiger partial charge in [-0.25, -0.2) is 0 Å². The van der Waals surface area contributed by atoms with Gasteiger partial charge in [0.2, 0.25) is 5.91 Å². The average Bonchev–Trinajstić information content (AvgIpc) is 3.47. The van der Waals surface area contributed by atoms with Crippen molar-refractivity contribution in [2.45, 2.75) is 25.3 Å². The molecule has 0 radical (unpaired) electrons. The van der Waals surface area contributed by atoms with Gasteiger partial charge >= 0.3 is 0 Å². The van der Waals surface area contributed by atoms with Crippen molar-refractivity contribution < 1.29 is 4.79 Å². The molecule has 30 heavy (non-hydrogen) atoms. The number of nitrogens with one attached hydrogen (secondary N) is 2. The maximum absolute atomic E-state index is 12.7. The van der Waals surface area contributed by atoms with Gasteiger partial charge in [0.1, 0.15) is 0 Å². The number of aryl methyl sites for hydroxylation is 2. The molecule has 0 saturated heterocycles. The zero-order chi connectivity index (χ0) is 20.8. The second kappa shape index (κ2) is 9.37. The SMILES string of the molecule is O=C(C[C@@H](c1ccc(Cl)cc1)n1cccc1)Nc1ccc(CCc2nn[nH]n2)cc1. The summed E-state index contributed by atoms with van der Waals surface area (Å²) in [5.74, 6) is 0.633. The topological polar surface area (TPSA) is 88.5 Å². The predicted octanol–water partition coefficient (Wildman–Crippen LogP) is 4.06. The number of nitrogens with zero attached hydrogens (tertiary/aromatic N) is 4. The number of aromatic amines is 1. The molecule has 2 N–H and O–H groups in total. The molecule has 0 aliphatic carbocycles. The molecule has 0 unspecified atom stereocenters. The van der Waals surface area contributed by atoms with Crippen LogP contribution in [0.4, 0.5) is 5.69 Å². The van der Waals surface area contributed by atoms with Gasteiger partial charge in [0.15, 0.2) is 5.82 Å².